The second-order valence-electron chi connectivity index (χ2n) is 8.92. The number of rotatable bonds is 4. The Morgan fingerprint density at radius 3 is 2.56 bits per heavy atom. The highest BCUT2D eigenvalue weighted by Crippen LogP contribution is 2.38. The molecule has 2 aliphatic rings. The average Bonchev–Trinajstić information content (AvgIpc) is 3.29. The summed E-state index contributed by atoms with van der Waals surface area (Å²) < 4.78 is 2.03. The van der Waals surface area contributed by atoms with Crippen molar-refractivity contribution in [1.82, 2.24) is 9.47 Å². The fourth-order valence-corrected chi connectivity index (χ4v) is 4.94. The second-order valence-corrected chi connectivity index (χ2v) is 8.92. The van der Waals surface area contributed by atoms with Crippen molar-refractivity contribution >= 4 is 40.1 Å². The van der Waals surface area contributed by atoms with Crippen LogP contribution >= 0.6 is 0 Å². The third-order valence-corrected chi connectivity index (χ3v) is 6.84. The van der Waals surface area contributed by atoms with Gasteiger partial charge in [0, 0.05) is 53.4 Å². The first-order valence-corrected chi connectivity index (χ1v) is 11.6. The molecule has 0 radical (unpaired) electrons. The molecule has 0 bridgehead atoms. The number of fused-ring (bicyclic) bond motifs is 2. The molecule has 3 aromatic rings. The minimum Gasteiger partial charge on any atom is -0.341 e. The fraction of sp³-hybridized carbons (Fsp3) is 0.333. The van der Waals surface area contributed by atoms with Crippen LogP contribution in [0.15, 0.2) is 54.7 Å². The number of benzene rings is 2. The van der Waals surface area contributed by atoms with E-state index < -0.39 is 0 Å². The van der Waals surface area contributed by atoms with Gasteiger partial charge in [0.15, 0.2) is 0 Å². The summed E-state index contributed by atoms with van der Waals surface area (Å²) in [6.45, 7) is 6.89. The van der Waals surface area contributed by atoms with Gasteiger partial charge in [-0.1, -0.05) is 43.3 Å². The number of carbonyl (C=O) groups is 2. The number of amides is 2. The lowest BCUT2D eigenvalue weighted by Gasteiger charge is -2.30. The number of piperidine rings is 1. The Kier molecular flexibility index (Phi) is 5.33. The van der Waals surface area contributed by atoms with Gasteiger partial charge in [0.2, 0.25) is 5.91 Å². The Balaban J connectivity index is 1.51. The lowest BCUT2D eigenvalue weighted by molar-refractivity contribution is -0.133. The minimum atomic E-state index is 0.0315. The fourth-order valence-electron chi connectivity index (χ4n) is 4.94. The Morgan fingerprint density at radius 1 is 1.06 bits per heavy atom. The van der Waals surface area contributed by atoms with Crippen molar-refractivity contribution in [2.45, 2.75) is 33.2 Å². The van der Waals surface area contributed by atoms with E-state index >= 15 is 0 Å². The maximum atomic E-state index is 13.1. The summed E-state index contributed by atoms with van der Waals surface area (Å²) in [5.74, 6) is 0.888. The molecule has 1 fully saturated rings. The van der Waals surface area contributed by atoms with E-state index in [1.165, 1.54) is 0 Å². The van der Waals surface area contributed by atoms with Crippen molar-refractivity contribution in [2.24, 2.45) is 5.92 Å². The summed E-state index contributed by atoms with van der Waals surface area (Å²) in [4.78, 5) is 29.9. The predicted octanol–water partition coefficient (Wildman–Crippen LogP) is 4.81. The molecule has 0 atom stereocenters. The van der Waals surface area contributed by atoms with Gasteiger partial charge in [0.1, 0.15) is 6.54 Å². The standard InChI is InChI=1S/C27H29N3O2/c1-3-30-25-11-7-5-9-22(25)23(27(30)32)16-20-17-29(24-10-6-4-8-21(20)24)18-26(31)28-14-12-19(2)13-15-28/h4-11,16-17,19H,3,12-15,18H2,1-2H3/b23-16+. The van der Waals surface area contributed by atoms with Crippen LogP contribution < -0.4 is 4.90 Å². The molecule has 2 amide bonds. The van der Waals surface area contributed by atoms with Crippen LogP contribution in [0.5, 0.6) is 0 Å². The number of hydrogen-bond acceptors (Lipinski definition) is 2. The van der Waals surface area contributed by atoms with Gasteiger partial charge in [-0.05, 0) is 43.9 Å². The summed E-state index contributed by atoms with van der Waals surface area (Å²) in [6.07, 6.45) is 6.16. The van der Waals surface area contributed by atoms with E-state index in [4.69, 9.17) is 0 Å². The van der Waals surface area contributed by atoms with Crippen LogP contribution in [0.25, 0.3) is 22.6 Å². The van der Waals surface area contributed by atoms with Crippen LogP contribution in [-0.2, 0) is 16.1 Å². The number of likely N-dealkylation sites (N-methyl/N-ethyl adjacent to an activating group) is 1. The van der Waals surface area contributed by atoms with Crippen LogP contribution in [0.3, 0.4) is 0 Å². The van der Waals surface area contributed by atoms with Crippen LogP contribution in [0.1, 0.15) is 37.8 Å². The molecule has 1 aromatic heterocycles. The number of hydrogen-bond donors (Lipinski definition) is 0. The number of para-hydroxylation sites is 2. The number of aromatic nitrogens is 1. The second kappa shape index (κ2) is 8.30. The Hall–Kier alpha value is -3.34. The first-order chi connectivity index (χ1) is 15.6. The van der Waals surface area contributed by atoms with Gasteiger partial charge >= 0.3 is 0 Å². The summed E-state index contributed by atoms with van der Waals surface area (Å²) >= 11 is 0. The van der Waals surface area contributed by atoms with Crippen molar-refractivity contribution in [3.8, 4) is 0 Å². The largest absolute Gasteiger partial charge is 0.341 e. The smallest absolute Gasteiger partial charge is 0.258 e. The van der Waals surface area contributed by atoms with Crippen LogP contribution in [0.2, 0.25) is 0 Å². The number of anilines is 1. The first kappa shape index (κ1) is 20.6. The van der Waals surface area contributed by atoms with Crippen molar-refractivity contribution < 1.29 is 9.59 Å². The molecule has 0 aliphatic carbocycles. The average molecular weight is 428 g/mol. The van der Waals surface area contributed by atoms with E-state index in [2.05, 4.69) is 13.0 Å². The Bertz CT molecular complexity index is 1210. The summed E-state index contributed by atoms with van der Waals surface area (Å²) in [5, 5.41) is 1.06. The normalized spacial score (nSPS) is 18.1. The van der Waals surface area contributed by atoms with Gasteiger partial charge in [-0.2, -0.15) is 0 Å². The van der Waals surface area contributed by atoms with E-state index in [9.17, 15) is 9.59 Å². The first-order valence-electron chi connectivity index (χ1n) is 11.6. The molecule has 1 saturated heterocycles. The van der Waals surface area contributed by atoms with Crippen molar-refractivity contribution in [2.75, 3.05) is 24.5 Å². The molecule has 5 heteroatoms. The lowest BCUT2D eigenvalue weighted by atomic mass is 9.99. The van der Waals surface area contributed by atoms with Gasteiger partial charge in [0.25, 0.3) is 5.91 Å². The highest BCUT2D eigenvalue weighted by Gasteiger charge is 2.31. The monoisotopic (exact) mass is 427 g/mol. The van der Waals surface area contributed by atoms with Gasteiger partial charge < -0.3 is 14.4 Å². The lowest BCUT2D eigenvalue weighted by Crippen LogP contribution is -2.39. The van der Waals surface area contributed by atoms with E-state index in [0.717, 1.165) is 53.6 Å². The van der Waals surface area contributed by atoms with Gasteiger partial charge in [-0.3, -0.25) is 9.59 Å². The third-order valence-electron chi connectivity index (χ3n) is 6.84. The molecule has 2 aliphatic heterocycles. The van der Waals surface area contributed by atoms with E-state index in [0.29, 0.717) is 24.6 Å². The topological polar surface area (TPSA) is 45.6 Å². The molecule has 5 rings (SSSR count). The van der Waals surface area contributed by atoms with Crippen LogP contribution in [-0.4, -0.2) is 40.9 Å². The highest BCUT2D eigenvalue weighted by molar-refractivity contribution is 6.36. The van der Waals surface area contributed by atoms with Crippen molar-refractivity contribution in [3.63, 3.8) is 0 Å². The summed E-state index contributed by atoms with van der Waals surface area (Å²) in [7, 11) is 0. The van der Waals surface area contributed by atoms with Crippen molar-refractivity contribution in [3.05, 3.63) is 65.9 Å². The molecule has 2 aromatic carbocycles. The summed E-state index contributed by atoms with van der Waals surface area (Å²) in [6, 6.07) is 16.1. The maximum absolute atomic E-state index is 13.1. The van der Waals surface area contributed by atoms with E-state index in [1.54, 1.807) is 0 Å². The highest BCUT2D eigenvalue weighted by atomic mass is 16.2. The van der Waals surface area contributed by atoms with E-state index in [1.807, 2.05) is 76.0 Å². The molecular weight excluding hydrogens is 398 g/mol. The van der Waals surface area contributed by atoms with Crippen molar-refractivity contribution in [1.29, 1.82) is 0 Å². The number of nitrogens with zero attached hydrogens (tertiary/aromatic N) is 3. The molecule has 0 saturated carbocycles. The van der Waals surface area contributed by atoms with Crippen LogP contribution in [0.4, 0.5) is 5.69 Å². The molecule has 164 valence electrons. The van der Waals surface area contributed by atoms with Gasteiger partial charge in [-0.25, -0.2) is 0 Å². The number of likely N-dealkylation sites (tertiary alicyclic amines) is 1. The van der Waals surface area contributed by atoms with E-state index in [-0.39, 0.29) is 11.8 Å². The molecule has 0 unspecified atom stereocenters. The third kappa shape index (κ3) is 3.52. The quantitative estimate of drug-likeness (QED) is 0.561. The Labute approximate surface area is 188 Å². The molecule has 0 spiro atoms. The zero-order valence-electron chi connectivity index (χ0n) is 18.8. The molecular formula is C27H29N3O2. The molecule has 32 heavy (non-hydrogen) atoms. The van der Waals surface area contributed by atoms with Crippen LogP contribution in [0, 0.1) is 5.92 Å². The van der Waals surface area contributed by atoms with Gasteiger partial charge in [0.05, 0.1) is 5.69 Å². The predicted molar refractivity (Wildman–Crippen MR) is 129 cm³/mol. The summed E-state index contributed by atoms with van der Waals surface area (Å²) in [5.41, 5.74) is 4.63. The molecule has 5 nitrogen and oxygen atoms in total. The maximum Gasteiger partial charge on any atom is 0.258 e. The van der Waals surface area contributed by atoms with Gasteiger partial charge in [-0.15, -0.1) is 0 Å². The zero-order chi connectivity index (χ0) is 22.2. The zero-order valence-corrected chi connectivity index (χ0v) is 18.8. The number of carbonyl (C=O) groups excluding carboxylic acids is 2. The Morgan fingerprint density at radius 2 is 1.78 bits per heavy atom. The molecule has 0 N–H and O–H groups in total. The minimum absolute atomic E-state index is 0.0315. The molecule has 3 heterocycles. The SMILES string of the molecule is CCN1C(=O)/C(=C/c2cn(CC(=O)N3CCC(C)CC3)c3ccccc23)c2ccccc21.